The van der Waals surface area contributed by atoms with Crippen LogP contribution in [0.4, 0.5) is 14.5 Å². The Morgan fingerprint density at radius 3 is 2.92 bits per heavy atom. The highest BCUT2D eigenvalue weighted by Crippen LogP contribution is 2.43. The summed E-state index contributed by atoms with van der Waals surface area (Å²) in [6.07, 6.45) is 0. The fraction of sp³-hybridized carbons (Fsp3) is 0.250. The zero-order chi connectivity index (χ0) is 9.59. The topological polar surface area (TPSA) is 12.0 Å². The Morgan fingerprint density at radius 2 is 2.23 bits per heavy atom. The molecular formula is C8H6ClF2NS. The van der Waals surface area contributed by atoms with Gasteiger partial charge in [0.05, 0.1) is 16.0 Å². The normalized spacial score (nSPS) is 19.8. The van der Waals surface area contributed by atoms with E-state index in [9.17, 15) is 8.78 Å². The Balaban J connectivity index is 2.60. The quantitative estimate of drug-likeness (QED) is 0.674. The van der Waals surface area contributed by atoms with Crippen molar-refractivity contribution in [1.29, 1.82) is 0 Å². The van der Waals surface area contributed by atoms with Crippen molar-refractivity contribution in [3.05, 3.63) is 22.7 Å². The Bertz CT molecular complexity index is 370. The van der Waals surface area contributed by atoms with Crippen LogP contribution in [0.3, 0.4) is 0 Å². The van der Waals surface area contributed by atoms with E-state index in [1.807, 2.05) is 6.92 Å². The van der Waals surface area contributed by atoms with Crippen LogP contribution in [-0.2, 0) is 0 Å². The summed E-state index contributed by atoms with van der Waals surface area (Å²) in [5.74, 6) is -1.39. The van der Waals surface area contributed by atoms with Crippen molar-refractivity contribution >= 4 is 29.1 Å². The second-order valence-corrected chi connectivity index (χ2v) is 4.50. The summed E-state index contributed by atoms with van der Waals surface area (Å²) < 4.78 is 26.2. The molecule has 1 aromatic rings. The molecule has 1 aliphatic rings. The van der Waals surface area contributed by atoms with Crippen molar-refractivity contribution in [3.8, 4) is 0 Å². The molecule has 1 aromatic carbocycles. The molecule has 0 amide bonds. The monoisotopic (exact) mass is 221 g/mol. The molecule has 0 aliphatic carbocycles. The summed E-state index contributed by atoms with van der Waals surface area (Å²) in [6, 6.07) is 1.22. The van der Waals surface area contributed by atoms with E-state index in [1.54, 1.807) is 0 Å². The van der Waals surface area contributed by atoms with Gasteiger partial charge in [0.15, 0.2) is 5.82 Å². The maximum absolute atomic E-state index is 13.3. The molecular weight excluding hydrogens is 216 g/mol. The van der Waals surface area contributed by atoms with E-state index in [1.165, 1.54) is 17.8 Å². The van der Waals surface area contributed by atoms with E-state index in [4.69, 9.17) is 11.6 Å². The van der Waals surface area contributed by atoms with Crippen LogP contribution in [-0.4, -0.2) is 5.37 Å². The summed E-state index contributed by atoms with van der Waals surface area (Å²) >= 11 is 6.72. The molecule has 1 unspecified atom stereocenters. The highest BCUT2D eigenvalue weighted by Gasteiger charge is 2.25. The minimum Gasteiger partial charge on any atom is -0.372 e. The maximum Gasteiger partial charge on any atom is 0.160 e. The molecule has 1 nitrogen and oxygen atoms in total. The summed E-state index contributed by atoms with van der Waals surface area (Å²) in [5, 5.41) is 2.56. The third-order valence-corrected chi connectivity index (χ3v) is 3.22. The number of rotatable bonds is 0. The summed E-state index contributed by atoms with van der Waals surface area (Å²) in [5.41, 5.74) is 0.483. The number of hydrogen-bond donors (Lipinski definition) is 1. The molecule has 0 radical (unpaired) electrons. The van der Waals surface area contributed by atoms with E-state index in [-0.39, 0.29) is 5.37 Å². The number of fused-ring (bicyclic) bond motifs is 1. The van der Waals surface area contributed by atoms with E-state index in [2.05, 4.69) is 5.32 Å². The number of thioether (sulfide) groups is 1. The van der Waals surface area contributed by atoms with Crippen LogP contribution < -0.4 is 5.32 Å². The number of anilines is 1. The van der Waals surface area contributed by atoms with Gasteiger partial charge >= 0.3 is 0 Å². The number of nitrogens with one attached hydrogen (secondary N) is 1. The van der Waals surface area contributed by atoms with Gasteiger partial charge in [-0.2, -0.15) is 0 Å². The van der Waals surface area contributed by atoms with Crippen LogP contribution >= 0.6 is 23.4 Å². The molecule has 1 heterocycles. The van der Waals surface area contributed by atoms with Crippen LogP contribution in [0.25, 0.3) is 0 Å². The van der Waals surface area contributed by atoms with Crippen molar-refractivity contribution < 1.29 is 8.78 Å². The summed E-state index contributed by atoms with van der Waals surface area (Å²) in [6.45, 7) is 1.87. The molecule has 13 heavy (non-hydrogen) atoms. The van der Waals surface area contributed by atoms with Crippen molar-refractivity contribution in [3.63, 3.8) is 0 Å². The van der Waals surface area contributed by atoms with Crippen molar-refractivity contribution in [1.82, 2.24) is 0 Å². The van der Waals surface area contributed by atoms with Gasteiger partial charge in [-0.3, -0.25) is 0 Å². The lowest BCUT2D eigenvalue weighted by Crippen LogP contribution is -2.02. The predicted octanol–water partition coefficient (Wildman–Crippen LogP) is 3.48. The van der Waals surface area contributed by atoms with Gasteiger partial charge in [-0.15, -0.1) is 0 Å². The Labute approximate surface area is 83.5 Å². The van der Waals surface area contributed by atoms with Gasteiger partial charge in [0.2, 0.25) is 0 Å². The minimum absolute atomic E-state index is 0.0577. The Hall–Kier alpha value is -0.480. The van der Waals surface area contributed by atoms with E-state index < -0.39 is 16.7 Å². The van der Waals surface area contributed by atoms with Gasteiger partial charge in [-0.1, -0.05) is 23.4 Å². The highest BCUT2D eigenvalue weighted by molar-refractivity contribution is 8.00. The summed E-state index contributed by atoms with van der Waals surface area (Å²) in [4.78, 5) is 0.402. The molecule has 0 bridgehead atoms. The number of hydrogen-bond acceptors (Lipinski definition) is 2. The third kappa shape index (κ3) is 1.38. The average molecular weight is 222 g/mol. The lowest BCUT2D eigenvalue weighted by molar-refractivity contribution is 0.569. The van der Waals surface area contributed by atoms with Gasteiger partial charge in [0, 0.05) is 0 Å². The van der Waals surface area contributed by atoms with Gasteiger partial charge in [-0.25, -0.2) is 8.78 Å². The van der Waals surface area contributed by atoms with E-state index in [0.29, 0.717) is 10.6 Å². The zero-order valence-corrected chi connectivity index (χ0v) is 8.27. The first-order valence-electron chi connectivity index (χ1n) is 3.70. The number of halogens is 3. The average Bonchev–Trinajstić information content (AvgIpc) is 2.42. The molecule has 1 aliphatic heterocycles. The van der Waals surface area contributed by atoms with Crippen molar-refractivity contribution in [2.45, 2.75) is 17.2 Å². The Kier molecular flexibility index (Phi) is 2.12. The molecule has 0 saturated heterocycles. The smallest absolute Gasteiger partial charge is 0.160 e. The van der Waals surface area contributed by atoms with Crippen molar-refractivity contribution in [2.24, 2.45) is 0 Å². The fourth-order valence-electron chi connectivity index (χ4n) is 1.23. The lowest BCUT2D eigenvalue weighted by Gasteiger charge is -2.02. The molecule has 0 saturated carbocycles. The van der Waals surface area contributed by atoms with Crippen LogP contribution in [0, 0.1) is 11.6 Å². The number of benzene rings is 1. The highest BCUT2D eigenvalue weighted by atomic mass is 35.5. The first-order chi connectivity index (χ1) is 6.09. The molecule has 1 N–H and O–H groups in total. The third-order valence-electron chi connectivity index (χ3n) is 1.77. The van der Waals surface area contributed by atoms with E-state index >= 15 is 0 Å². The molecule has 1 atom stereocenters. The molecule has 0 spiro atoms. The van der Waals surface area contributed by atoms with Crippen LogP contribution in [0.15, 0.2) is 11.0 Å². The largest absolute Gasteiger partial charge is 0.372 e. The molecule has 0 fully saturated rings. The maximum atomic E-state index is 13.3. The summed E-state index contributed by atoms with van der Waals surface area (Å²) in [7, 11) is 0. The van der Waals surface area contributed by atoms with Gasteiger partial charge in [0.1, 0.15) is 10.8 Å². The second kappa shape index (κ2) is 3.03. The van der Waals surface area contributed by atoms with Gasteiger partial charge in [-0.05, 0) is 13.0 Å². The van der Waals surface area contributed by atoms with Crippen LogP contribution in [0.5, 0.6) is 0 Å². The Morgan fingerprint density at radius 1 is 1.54 bits per heavy atom. The SMILES string of the molecule is CC1Nc2cc(F)c(Cl)c(F)c2S1. The van der Waals surface area contributed by atoms with E-state index in [0.717, 1.165) is 0 Å². The van der Waals surface area contributed by atoms with Gasteiger partial charge < -0.3 is 5.32 Å². The second-order valence-electron chi connectivity index (χ2n) is 2.77. The van der Waals surface area contributed by atoms with Crippen LogP contribution in [0.1, 0.15) is 6.92 Å². The molecule has 0 aromatic heterocycles. The molecule has 70 valence electrons. The standard InChI is InChI=1S/C8H6ClF2NS/c1-3-12-5-2-4(10)6(9)7(11)8(5)13-3/h2-3,12H,1H3. The minimum atomic E-state index is -0.722. The van der Waals surface area contributed by atoms with Crippen LogP contribution in [0.2, 0.25) is 5.02 Å². The lowest BCUT2D eigenvalue weighted by atomic mass is 10.3. The first-order valence-corrected chi connectivity index (χ1v) is 4.96. The van der Waals surface area contributed by atoms with Gasteiger partial charge in [0.25, 0.3) is 0 Å². The first kappa shape index (κ1) is 9.09. The molecule has 2 rings (SSSR count). The van der Waals surface area contributed by atoms with Crippen molar-refractivity contribution in [2.75, 3.05) is 5.32 Å². The molecule has 5 heteroatoms. The predicted molar refractivity (Wildman–Crippen MR) is 50.3 cm³/mol. The fourth-order valence-corrected chi connectivity index (χ4v) is 2.42. The zero-order valence-electron chi connectivity index (χ0n) is 6.70.